The van der Waals surface area contributed by atoms with Crippen LogP contribution in [0.15, 0.2) is 40.5 Å². The van der Waals surface area contributed by atoms with Gasteiger partial charge in [-0.2, -0.15) is 0 Å². The van der Waals surface area contributed by atoms with Crippen LogP contribution in [0.4, 0.5) is 0 Å². The Bertz CT molecular complexity index is 969. The molecule has 1 aromatic carbocycles. The van der Waals surface area contributed by atoms with Crippen molar-refractivity contribution < 1.29 is 5.11 Å². The van der Waals surface area contributed by atoms with Crippen molar-refractivity contribution in [3.8, 4) is 16.5 Å². The predicted octanol–water partition coefficient (Wildman–Crippen LogP) is 3.42. The first-order valence-electron chi connectivity index (χ1n) is 7.96. The molecule has 2 aromatic heterocycles. The molecule has 0 unspecified atom stereocenters. The summed E-state index contributed by atoms with van der Waals surface area (Å²) in [4.78, 5) is 23.2. The Morgan fingerprint density at radius 2 is 2.24 bits per heavy atom. The number of fused-ring (bicyclic) bond motifs is 1. The van der Waals surface area contributed by atoms with E-state index < -0.39 is 0 Å². The van der Waals surface area contributed by atoms with E-state index in [-0.39, 0.29) is 11.3 Å². The Balaban J connectivity index is 1.58. The fourth-order valence-corrected chi connectivity index (χ4v) is 3.95. The molecule has 0 radical (unpaired) electrons. The predicted molar refractivity (Wildman–Crippen MR) is 99.1 cm³/mol. The average molecular weight is 374 g/mol. The SMILES string of the molecule is O=c1[nH]c(-c2cccs2)nc2c1CN(Cc1ccc(O)cc1Cl)CC2. The number of nitrogens with one attached hydrogen (secondary N) is 1. The van der Waals surface area contributed by atoms with Gasteiger partial charge >= 0.3 is 0 Å². The average Bonchev–Trinajstić information content (AvgIpc) is 3.12. The van der Waals surface area contributed by atoms with Gasteiger partial charge in [-0.3, -0.25) is 9.69 Å². The molecule has 128 valence electrons. The van der Waals surface area contributed by atoms with Crippen LogP contribution in [0.3, 0.4) is 0 Å². The normalized spacial score (nSPS) is 14.4. The summed E-state index contributed by atoms with van der Waals surface area (Å²) in [7, 11) is 0. The Labute approximate surface area is 153 Å². The van der Waals surface area contributed by atoms with Gasteiger partial charge in [-0.1, -0.05) is 23.7 Å². The zero-order valence-corrected chi connectivity index (χ0v) is 14.9. The van der Waals surface area contributed by atoms with Crippen molar-refractivity contribution in [1.82, 2.24) is 14.9 Å². The molecule has 1 aliphatic heterocycles. The van der Waals surface area contributed by atoms with Crippen molar-refractivity contribution in [3.63, 3.8) is 0 Å². The second kappa shape index (κ2) is 6.63. The van der Waals surface area contributed by atoms with E-state index in [9.17, 15) is 9.90 Å². The van der Waals surface area contributed by atoms with Gasteiger partial charge in [0.05, 0.1) is 16.1 Å². The van der Waals surface area contributed by atoms with Gasteiger partial charge in [-0.25, -0.2) is 4.98 Å². The van der Waals surface area contributed by atoms with Crippen molar-refractivity contribution in [2.45, 2.75) is 19.5 Å². The number of phenolic OH excluding ortho intramolecular Hbond substituents is 1. The summed E-state index contributed by atoms with van der Waals surface area (Å²) in [6, 6.07) is 8.88. The van der Waals surface area contributed by atoms with Crippen molar-refractivity contribution >= 4 is 22.9 Å². The number of rotatable bonds is 3. The number of aromatic nitrogens is 2. The maximum absolute atomic E-state index is 12.5. The summed E-state index contributed by atoms with van der Waals surface area (Å²) in [5, 5.41) is 12.0. The zero-order chi connectivity index (χ0) is 17.4. The van der Waals surface area contributed by atoms with Crippen molar-refractivity contribution in [2.24, 2.45) is 0 Å². The highest BCUT2D eigenvalue weighted by Crippen LogP contribution is 2.26. The summed E-state index contributed by atoms with van der Waals surface area (Å²) >= 11 is 7.75. The van der Waals surface area contributed by atoms with E-state index in [1.165, 1.54) is 6.07 Å². The monoisotopic (exact) mass is 373 g/mol. The van der Waals surface area contributed by atoms with E-state index in [0.29, 0.717) is 23.9 Å². The molecule has 1 aliphatic rings. The van der Waals surface area contributed by atoms with E-state index in [2.05, 4.69) is 14.9 Å². The Morgan fingerprint density at radius 3 is 3.00 bits per heavy atom. The molecule has 3 aromatic rings. The van der Waals surface area contributed by atoms with E-state index in [4.69, 9.17) is 11.6 Å². The number of nitrogens with zero attached hydrogens (tertiary/aromatic N) is 2. The van der Waals surface area contributed by atoms with Crippen molar-refractivity contribution in [1.29, 1.82) is 0 Å². The summed E-state index contributed by atoms with van der Waals surface area (Å²) in [5.41, 5.74) is 2.46. The number of thiophene rings is 1. The third kappa shape index (κ3) is 3.33. The van der Waals surface area contributed by atoms with E-state index in [1.54, 1.807) is 17.4 Å². The van der Waals surface area contributed by atoms with Crippen LogP contribution >= 0.6 is 22.9 Å². The lowest BCUT2D eigenvalue weighted by Crippen LogP contribution is -2.35. The van der Waals surface area contributed by atoms with Gasteiger partial charge in [-0.05, 0) is 29.1 Å². The van der Waals surface area contributed by atoms with Gasteiger partial charge < -0.3 is 10.1 Å². The molecule has 0 spiro atoms. The van der Waals surface area contributed by atoms with Crippen LogP contribution in [0, 0.1) is 0 Å². The van der Waals surface area contributed by atoms with Gasteiger partial charge in [-0.15, -0.1) is 11.3 Å². The number of aromatic amines is 1. The summed E-state index contributed by atoms with van der Waals surface area (Å²) in [6.45, 7) is 1.98. The van der Waals surface area contributed by atoms with Crippen LogP contribution in [-0.4, -0.2) is 26.5 Å². The number of phenols is 1. The number of aromatic hydroxyl groups is 1. The summed E-state index contributed by atoms with van der Waals surface area (Å²) < 4.78 is 0. The van der Waals surface area contributed by atoms with E-state index in [1.807, 2.05) is 23.6 Å². The highest BCUT2D eigenvalue weighted by molar-refractivity contribution is 7.13. The van der Waals surface area contributed by atoms with Gasteiger partial charge in [0.2, 0.25) is 0 Å². The molecule has 25 heavy (non-hydrogen) atoms. The van der Waals surface area contributed by atoms with Gasteiger partial charge in [0.1, 0.15) is 5.75 Å². The van der Waals surface area contributed by atoms with Crippen LogP contribution < -0.4 is 5.56 Å². The molecule has 4 rings (SSSR count). The molecule has 0 aliphatic carbocycles. The molecule has 0 fully saturated rings. The lowest BCUT2D eigenvalue weighted by atomic mass is 10.1. The second-order valence-electron chi connectivity index (χ2n) is 6.05. The molecule has 0 atom stereocenters. The number of halogens is 1. The standard InChI is InChI=1S/C18H16ClN3O2S/c19-14-8-12(23)4-3-11(14)9-22-6-5-15-13(10-22)18(24)21-17(20-15)16-2-1-7-25-16/h1-4,7-8,23H,5-6,9-10H2,(H,20,21,24). The van der Waals surface area contributed by atoms with E-state index in [0.717, 1.165) is 34.7 Å². The minimum absolute atomic E-state index is 0.0742. The van der Waals surface area contributed by atoms with Gasteiger partial charge in [0, 0.05) is 31.1 Å². The van der Waals surface area contributed by atoms with Crippen molar-refractivity contribution in [3.05, 3.63) is 67.9 Å². The smallest absolute Gasteiger partial charge is 0.255 e. The third-order valence-electron chi connectivity index (χ3n) is 4.33. The number of H-pyrrole nitrogens is 1. The molecule has 3 heterocycles. The molecule has 0 saturated heterocycles. The highest BCUT2D eigenvalue weighted by Gasteiger charge is 2.22. The molecule has 0 saturated carbocycles. The zero-order valence-electron chi connectivity index (χ0n) is 13.3. The maximum Gasteiger partial charge on any atom is 0.255 e. The van der Waals surface area contributed by atoms with Crippen LogP contribution in [0.5, 0.6) is 5.75 Å². The maximum atomic E-state index is 12.5. The lowest BCUT2D eigenvalue weighted by molar-refractivity contribution is 0.242. The summed E-state index contributed by atoms with van der Waals surface area (Å²) in [5.74, 6) is 0.799. The number of benzene rings is 1. The summed E-state index contributed by atoms with van der Waals surface area (Å²) in [6.07, 6.45) is 0.729. The molecular weight excluding hydrogens is 358 g/mol. The first-order valence-corrected chi connectivity index (χ1v) is 9.21. The molecule has 7 heteroatoms. The largest absolute Gasteiger partial charge is 0.508 e. The molecule has 0 amide bonds. The minimum Gasteiger partial charge on any atom is -0.508 e. The highest BCUT2D eigenvalue weighted by atomic mass is 35.5. The first kappa shape index (κ1) is 16.3. The van der Waals surface area contributed by atoms with Crippen LogP contribution in [0.1, 0.15) is 16.8 Å². The molecule has 0 bridgehead atoms. The van der Waals surface area contributed by atoms with Crippen LogP contribution in [0.25, 0.3) is 10.7 Å². The quantitative estimate of drug-likeness (QED) is 0.738. The topological polar surface area (TPSA) is 69.2 Å². The Hall–Kier alpha value is -2.15. The second-order valence-corrected chi connectivity index (χ2v) is 7.41. The van der Waals surface area contributed by atoms with Crippen molar-refractivity contribution in [2.75, 3.05) is 6.54 Å². The van der Waals surface area contributed by atoms with Crippen LogP contribution in [-0.2, 0) is 19.5 Å². The minimum atomic E-state index is -0.0742. The third-order valence-corrected chi connectivity index (χ3v) is 5.56. The van der Waals surface area contributed by atoms with E-state index >= 15 is 0 Å². The van der Waals surface area contributed by atoms with Crippen LogP contribution in [0.2, 0.25) is 5.02 Å². The Morgan fingerprint density at radius 1 is 1.36 bits per heavy atom. The fourth-order valence-electron chi connectivity index (χ4n) is 3.05. The first-order chi connectivity index (χ1) is 12.1. The van der Waals surface area contributed by atoms with Gasteiger partial charge in [0.15, 0.2) is 5.82 Å². The Kier molecular flexibility index (Phi) is 4.33. The lowest BCUT2D eigenvalue weighted by Gasteiger charge is -2.28. The number of hydrogen-bond acceptors (Lipinski definition) is 5. The molecular formula is C18H16ClN3O2S. The molecule has 2 N–H and O–H groups in total. The number of hydrogen-bond donors (Lipinski definition) is 2. The molecule has 5 nitrogen and oxygen atoms in total. The fraction of sp³-hybridized carbons (Fsp3) is 0.222. The van der Waals surface area contributed by atoms with Gasteiger partial charge in [0.25, 0.3) is 5.56 Å².